The van der Waals surface area contributed by atoms with Crippen LogP contribution in [-0.4, -0.2) is 36.7 Å². The summed E-state index contributed by atoms with van der Waals surface area (Å²) in [6, 6.07) is 0. The predicted octanol–water partition coefficient (Wildman–Crippen LogP) is 0.745. The molecule has 1 heterocycles. The molecule has 0 aliphatic carbocycles. The number of carbonyl (C=O) groups is 3. The normalized spacial score (nSPS) is 22.2. The Bertz CT molecular complexity index is 386. The summed E-state index contributed by atoms with van der Waals surface area (Å²) in [5, 5.41) is 0. The molecule has 0 aromatic heterocycles. The highest BCUT2D eigenvalue weighted by molar-refractivity contribution is 5.87. The van der Waals surface area contributed by atoms with Gasteiger partial charge in [-0.3, -0.25) is 4.79 Å². The first-order valence-corrected chi connectivity index (χ1v) is 5.57. The highest BCUT2D eigenvalue weighted by atomic mass is 16.6. The van der Waals surface area contributed by atoms with Crippen molar-refractivity contribution in [3.05, 3.63) is 12.2 Å². The fourth-order valence-electron chi connectivity index (χ4n) is 1.34. The number of hydrogen-bond acceptors (Lipinski definition) is 6. The molecule has 1 aliphatic heterocycles. The highest BCUT2D eigenvalue weighted by Crippen LogP contribution is 2.24. The third kappa shape index (κ3) is 3.58. The summed E-state index contributed by atoms with van der Waals surface area (Å²) in [6.45, 7) is 6.56. The van der Waals surface area contributed by atoms with Gasteiger partial charge in [-0.2, -0.15) is 0 Å². The molecule has 0 bridgehead atoms. The average molecular weight is 256 g/mol. The molecule has 1 rings (SSSR count). The van der Waals surface area contributed by atoms with E-state index < -0.39 is 23.5 Å². The van der Waals surface area contributed by atoms with Crippen LogP contribution in [0.25, 0.3) is 0 Å². The van der Waals surface area contributed by atoms with Crippen LogP contribution in [0, 0.1) is 0 Å². The number of rotatable bonds is 5. The average Bonchev–Trinajstić information content (AvgIpc) is 2.58. The molecule has 0 saturated carbocycles. The van der Waals surface area contributed by atoms with Gasteiger partial charge < -0.3 is 14.2 Å². The molecule has 1 saturated heterocycles. The molecule has 0 N–H and O–H groups in total. The zero-order chi connectivity index (χ0) is 13.8. The lowest BCUT2D eigenvalue weighted by atomic mass is 10.1. The van der Waals surface area contributed by atoms with E-state index in [2.05, 4.69) is 6.58 Å². The fourth-order valence-corrected chi connectivity index (χ4v) is 1.34. The van der Waals surface area contributed by atoms with E-state index in [1.54, 1.807) is 0 Å². The lowest BCUT2D eigenvalue weighted by Crippen LogP contribution is -2.36. The molecule has 6 nitrogen and oxygen atoms in total. The van der Waals surface area contributed by atoms with Gasteiger partial charge in [-0.25, -0.2) is 9.59 Å². The largest absolute Gasteiger partial charge is 0.463 e. The lowest BCUT2D eigenvalue weighted by molar-refractivity contribution is -0.171. The van der Waals surface area contributed by atoms with Gasteiger partial charge in [-0.15, -0.1) is 0 Å². The molecule has 6 heteroatoms. The van der Waals surface area contributed by atoms with Crippen molar-refractivity contribution >= 4 is 17.9 Å². The minimum Gasteiger partial charge on any atom is -0.463 e. The van der Waals surface area contributed by atoms with Crippen molar-refractivity contribution < 1.29 is 28.6 Å². The molecule has 0 aromatic carbocycles. The molecular formula is C12H16O6. The van der Waals surface area contributed by atoms with Crippen molar-refractivity contribution in [3.63, 3.8) is 0 Å². The Hall–Kier alpha value is -1.85. The lowest BCUT2D eigenvalue weighted by Gasteiger charge is -2.19. The maximum Gasteiger partial charge on any atom is 0.350 e. The first kappa shape index (κ1) is 14.2. The monoisotopic (exact) mass is 256 g/mol. The van der Waals surface area contributed by atoms with Crippen molar-refractivity contribution in [2.75, 3.05) is 13.2 Å². The van der Waals surface area contributed by atoms with Crippen molar-refractivity contribution in [2.45, 2.75) is 32.3 Å². The van der Waals surface area contributed by atoms with Gasteiger partial charge in [0.2, 0.25) is 5.60 Å². The number of ether oxygens (including phenoxy) is 3. The molecule has 0 amide bonds. The smallest absolute Gasteiger partial charge is 0.350 e. The SMILES string of the molecule is C=C(C)C(=O)OCCC(=O)OC1(C)CCOC1=O. The second-order valence-corrected chi connectivity index (χ2v) is 4.26. The standard InChI is InChI=1S/C12H16O6/c1-8(2)10(14)16-6-4-9(13)18-12(3)5-7-17-11(12)15/h1,4-7H2,2-3H3. The molecule has 0 aromatic rings. The van der Waals surface area contributed by atoms with Crippen molar-refractivity contribution in [2.24, 2.45) is 0 Å². The maximum absolute atomic E-state index is 11.5. The van der Waals surface area contributed by atoms with E-state index in [4.69, 9.17) is 14.2 Å². The third-order valence-electron chi connectivity index (χ3n) is 2.47. The van der Waals surface area contributed by atoms with Crippen LogP contribution in [0.2, 0.25) is 0 Å². The fraction of sp³-hybridized carbons (Fsp3) is 0.583. The Balaban J connectivity index is 2.32. The Kier molecular flexibility index (Phi) is 4.47. The summed E-state index contributed by atoms with van der Waals surface area (Å²) in [4.78, 5) is 33.8. The van der Waals surface area contributed by atoms with Crippen molar-refractivity contribution in [1.82, 2.24) is 0 Å². The maximum atomic E-state index is 11.5. The summed E-state index contributed by atoms with van der Waals surface area (Å²) in [7, 11) is 0. The van der Waals surface area contributed by atoms with Crippen LogP contribution < -0.4 is 0 Å². The van der Waals surface area contributed by atoms with Crippen LogP contribution in [0.3, 0.4) is 0 Å². The van der Waals surface area contributed by atoms with Crippen LogP contribution in [0.5, 0.6) is 0 Å². The van der Waals surface area contributed by atoms with Gasteiger partial charge in [0.05, 0.1) is 13.0 Å². The van der Waals surface area contributed by atoms with E-state index in [0.29, 0.717) is 6.42 Å². The van der Waals surface area contributed by atoms with Crippen LogP contribution in [-0.2, 0) is 28.6 Å². The van der Waals surface area contributed by atoms with Gasteiger partial charge in [0.25, 0.3) is 0 Å². The quantitative estimate of drug-likeness (QED) is 0.410. The van der Waals surface area contributed by atoms with E-state index in [1.807, 2.05) is 0 Å². The van der Waals surface area contributed by atoms with Gasteiger partial charge in [-0.1, -0.05) is 6.58 Å². The summed E-state index contributed by atoms with van der Waals surface area (Å²) in [6.07, 6.45) is 0.227. The third-order valence-corrected chi connectivity index (χ3v) is 2.47. The van der Waals surface area contributed by atoms with E-state index in [-0.39, 0.29) is 25.2 Å². The predicted molar refractivity (Wildman–Crippen MR) is 60.5 cm³/mol. The minimum atomic E-state index is -1.21. The molecule has 1 atom stereocenters. The summed E-state index contributed by atoms with van der Waals surface area (Å²) in [5.74, 6) is -1.71. The van der Waals surface area contributed by atoms with Crippen LogP contribution in [0.15, 0.2) is 12.2 Å². The molecule has 0 spiro atoms. The van der Waals surface area contributed by atoms with Gasteiger partial charge in [-0.05, 0) is 13.8 Å². The number of hydrogen-bond donors (Lipinski definition) is 0. The molecule has 0 radical (unpaired) electrons. The van der Waals surface area contributed by atoms with Gasteiger partial charge in [0.1, 0.15) is 6.61 Å². The van der Waals surface area contributed by atoms with Gasteiger partial charge >= 0.3 is 17.9 Å². The van der Waals surface area contributed by atoms with Crippen LogP contribution in [0.1, 0.15) is 26.7 Å². The minimum absolute atomic E-state index is 0.102. The zero-order valence-electron chi connectivity index (χ0n) is 10.5. The number of cyclic esters (lactones) is 1. The first-order valence-electron chi connectivity index (χ1n) is 5.57. The Morgan fingerprint density at radius 1 is 1.50 bits per heavy atom. The Morgan fingerprint density at radius 3 is 2.67 bits per heavy atom. The Labute approximate surface area is 105 Å². The van der Waals surface area contributed by atoms with Gasteiger partial charge in [0, 0.05) is 12.0 Å². The second kappa shape index (κ2) is 5.66. The molecule has 1 unspecified atom stereocenters. The second-order valence-electron chi connectivity index (χ2n) is 4.26. The van der Waals surface area contributed by atoms with Gasteiger partial charge in [0.15, 0.2) is 0 Å². The topological polar surface area (TPSA) is 78.9 Å². The van der Waals surface area contributed by atoms with E-state index in [1.165, 1.54) is 13.8 Å². The highest BCUT2D eigenvalue weighted by Gasteiger charge is 2.43. The van der Waals surface area contributed by atoms with E-state index in [9.17, 15) is 14.4 Å². The van der Waals surface area contributed by atoms with Crippen molar-refractivity contribution in [3.8, 4) is 0 Å². The molecule has 1 fully saturated rings. The van der Waals surface area contributed by atoms with E-state index in [0.717, 1.165) is 0 Å². The molecule has 18 heavy (non-hydrogen) atoms. The summed E-state index contributed by atoms with van der Waals surface area (Å²) in [5.41, 5.74) is -0.954. The summed E-state index contributed by atoms with van der Waals surface area (Å²) < 4.78 is 14.5. The molecule has 100 valence electrons. The molecule has 1 aliphatic rings. The number of esters is 3. The Morgan fingerprint density at radius 2 is 2.17 bits per heavy atom. The molecular weight excluding hydrogens is 240 g/mol. The van der Waals surface area contributed by atoms with Crippen LogP contribution in [0.4, 0.5) is 0 Å². The van der Waals surface area contributed by atoms with Crippen molar-refractivity contribution in [1.29, 1.82) is 0 Å². The first-order chi connectivity index (χ1) is 8.35. The zero-order valence-corrected chi connectivity index (χ0v) is 10.5. The summed E-state index contributed by atoms with van der Waals surface area (Å²) >= 11 is 0. The number of carbonyl (C=O) groups excluding carboxylic acids is 3. The van der Waals surface area contributed by atoms with Crippen LogP contribution >= 0.6 is 0 Å². The van der Waals surface area contributed by atoms with E-state index >= 15 is 0 Å².